The van der Waals surface area contributed by atoms with Crippen LogP contribution in [-0.4, -0.2) is 48.3 Å². The highest BCUT2D eigenvalue weighted by Gasteiger charge is 2.39. The van der Waals surface area contributed by atoms with E-state index >= 15 is 0 Å². The summed E-state index contributed by atoms with van der Waals surface area (Å²) in [6.07, 6.45) is 9.08. The van der Waals surface area contributed by atoms with Crippen LogP contribution in [0.1, 0.15) is 37.7 Å². The zero-order valence-electron chi connectivity index (χ0n) is 17.8. The average Bonchev–Trinajstić information content (AvgIpc) is 3.41. The van der Waals surface area contributed by atoms with E-state index in [0.717, 1.165) is 31.2 Å². The molecule has 0 N–H and O–H groups in total. The Kier molecular flexibility index (Phi) is 6.82. The van der Waals surface area contributed by atoms with Crippen molar-refractivity contribution in [2.75, 3.05) is 21.3 Å². The fourth-order valence-corrected chi connectivity index (χ4v) is 5.52. The second kappa shape index (κ2) is 9.74. The fourth-order valence-electron chi connectivity index (χ4n) is 3.91. The summed E-state index contributed by atoms with van der Waals surface area (Å²) in [4.78, 5) is 24.9. The van der Waals surface area contributed by atoms with Crippen LogP contribution in [0, 0.1) is 0 Å². The van der Waals surface area contributed by atoms with E-state index in [2.05, 4.69) is 4.98 Å². The number of thiazole rings is 1. The molecular formula is C22H25N3O4S2. The minimum Gasteiger partial charge on any atom is -0.493 e. The van der Waals surface area contributed by atoms with Gasteiger partial charge in [0.15, 0.2) is 16.7 Å². The van der Waals surface area contributed by atoms with Crippen molar-refractivity contribution in [3.63, 3.8) is 0 Å². The van der Waals surface area contributed by atoms with Gasteiger partial charge in [-0.2, -0.15) is 4.99 Å². The Hall–Kier alpha value is -2.52. The fraction of sp³-hybridized carbons (Fsp3) is 0.409. The molecule has 0 spiro atoms. The molecule has 1 aromatic carbocycles. The standard InChI is InChI=1S/C22H25N3O4S2/c1-27-16-11-14(12-17(28-2)19(16)29-3)13-18-20(26)25(15-7-5-4-6-8-15)22(31-18)24-21-23-9-10-30-21/h9-13,15H,4-8H2,1-3H3/b18-13-,24-22+. The van der Waals surface area contributed by atoms with Crippen LogP contribution >= 0.6 is 23.1 Å². The van der Waals surface area contributed by atoms with Gasteiger partial charge in [0.05, 0.1) is 26.2 Å². The molecule has 2 fully saturated rings. The average molecular weight is 460 g/mol. The van der Waals surface area contributed by atoms with Gasteiger partial charge in [0.25, 0.3) is 5.91 Å². The van der Waals surface area contributed by atoms with Gasteiger partial charge in [-0.05, 0) is 48.4 Å². The molecule has 164 valence electrons. The molecule has 0 atom stereocenters. The van der Waals surface area contributed by atoms with Crippen molar-refractivity contribution in [3.8, 4) is 17.2 Å². The number of hydrogen-bond acceptors (Lipinski definition) is 8. The number of nitrogens with zero attached hydrogens (tertiary/aromatic N) is 3. The third-order valence-electron chi connectivity index (χ3n) is 5.37. The lowest BCUT2D eigenvalue weighted by Gasteiger charge is -2.30. The summed E-state index contributed by atoms with van der Waals surface area (Å²) < 4.78 is 16.3. The molecule has 0 unspecified atom stereocenters. The third kappa shape index (κ3) is 4.57. The number of thioether (sulfide) groups is 1. The van der Waals surface area contributed by atoms with Crippen LogP contribution in [0.4, 0.5) is 5.13 Å². The van der Waals surface area contributed by atoms with Crippen molar-refractivity contribution in [1.29, 1.82) is 0 Å². The van der Waals surface area contributed by atoms with Crippen LogP contribution < -0.4 is 14.2 Å². The number of hydrogen-bond donors (Lipinski definition) is 0. The summed E-state index contributed by atoms with van der Waals surface area (Å²) in [5.74, 6) is 1.60. The van der Waals surface area contributed by atoms with Gasteiger partial charge < -0.3 is 14.2 Å². The molecule has 0 bridgehead atoms. The summed E-state index contributed by atoms with van der Waals surface area (Å²) in [6.45, 7) is 0. The number of rotatable bonds is 6. The predicted molar refractivity (Wildman–Crippen MR) is 125 cm³/mol. The van der Waals surface area contributed by atoms with E-state index in [-0.39, 0.29) is 11.9 Å². The van der Waals surface area contributed by atoms with Crippen LogP contribution in [0.15, 0.2) is 33.6 Å². The van der Waals surface area contributed by atoms with Gasteiger partial charge in [-0.1, -0.05) is 19.3 Å². The van der Waals surface area contributed by atoms with Crippen LogP contribution in [0.2, 0.25) is 0 Å². The first-order valence-electron chi connectivity index (χ1n) is 10.2. The Morgan fingerprint density at radius 3 is 2.39 bits per heavy atom. The van der Waals surface area contributed by atoms with Crippen molar-refractivity contribution in [2.45, 2.75) is 38.1 Å². The number of carbonyl (C=O) groups excluding carboxylic acids is 1. The van der Waals surface area contributed by atoms with Gasteiger partial charge in [0.2, 0.25) is 10.9 Å². The molecule has 2 aliphatic rings. The first-order valence-corrected chi connectivity index (χ1v) is 11.9. The van der Waals surface area contributed by atoms with Crippen molar-refractivity contribution in [1.82, 2.24) is 9.88 Å². The molecule has 1 aliphatic carbocycles. The van der Waals surface area contributed by atoms with Crippen molar-refractivity contribution < 1.29 is 19.0 Å². The highest BCUT2D eigenvalue weighted by molar-refractivity contribution is 8.18. The summed E-state index contributed by atoms with van der Waals surface area (Å²) in [7, 11) is 4.72. The second-order valence-corrected chi connectivity index (χ2v) is 9.13. The van der Waals surface area contributed by atoms with E-state index in [9.17, 15) is 4.79 Å². The number of carbonyl (C=O) groups is 1. The first-order chi connectivity index (χ1) is 15.1. The first kappa shape index (κ1) is 21.7. The summed E-state index contributed by atoms with van der Waals surface area (Å²) >= 11 is 2.85. The molecular weight excluding hydrogens is 434 g/mol. The molecule has 1 saturated heterocycles. The predicted octanol–water partition coefficient (Wildman–Crippen LogP) is 5.11. The monoisotopic (exact) mass is 459 g/mol. The molecule has 31 heavy (non-hydrogen) atoms. The van der Waals surface area contributed by atoms with E-state index in [1.54, 1.807) is 27.5 Å². The van der Waals surface area contributed by atoms with Gasteiger partial charge in [-0.3, -0.25) is 9.69 Å². The summed E-state index contributed by atoms with van der Waals surface area (Å²) in [5.41, 5.74) is 0.796. The number of amidine groups is 1. The quantitative estimate of drug-likeness (QED) is 0.559. The Morgan fingerprint density at radius 2 is 1.81 bits per heavy atom. The minimum absolute atomic E-state index is 0.0130. The highest BCUT2D eigenvalue weighted by atomic mass is 32.2. The SMILES string of the molecule is COc1cc(/C=C2\S/C(=N/c3nccs3)N(C3CCCCC3)C2=O)cc(OC)c1OC. The van der Waals surface area contributed by atoms with E-state index in [0.29, 0.717) is 32.5 Å². The third-order valence-corrected chi connectivity index (χ3v) is 7.02. The maximum absolute atomic E-state index is 13.4. The number of methoxy groups -OCH3 is 3. The molecule has 7 nitrogen and oxygen atoms in total. The maximum atomic E-state index is 13.4. The molecule has 1 amide bonds. The lowest BCUT2D eigenvalue weighted by molar-refractivity contribution is -0.124. The van der Waals surface area contributed by atoms with Crippen LogP contribution in [0.3, 0.4) is 0 Å². The minimum atomic E-state index is -0.0130. The number of amides is 1. The van der Waals surface area contributed by atoms with Crippen molar-refractivity contribution in [2.24, 2.45) is 4.99 Å². The Balaban J connectivity index is 1.72. The van der Waals surface area contributed by atoms with Gasteiger partial charge >= 0.3 is 0 Å². The largest absolute Gasteiger partial charge is 0.493 e. The number of ether oxygens (including phenoxy) is 3. The summed E-state index contributed by atoms with van der Waals surface area (Å²) in [6, 6.07) is 3.85. The second-order valence-electron chi connectivity index (χ2n) is 7.25. The van der Waals surface area contributed by atoms with E-state index in [1.165, 1.54) is 29.5 Å². The molecule has 1 aliphatic heterocycles. The van der Waals surface area contributed by atoms with Crippen LogP contribution in [-0.2, 0) is 4.79 Å². The smallest absolute Gasteiger partial charge is 0.267 e. The van der Waals surface area contributed by atoms with Crippen molar-refractivity contribution in [3.05, 3.63) is 34.2 Å². The van der Waals surface area contributed by atoms with E-state index in [4.69, 9.17) is 19.2 Å². The van der Waals surface area contributed by atoms with Gasteiger partial charge in [-0.25, -0.2) is 4.98 Å². The lowest BCUT2D eigenvalue weighted by Crippen LogP contribution is -2.40. The molecule has 2 heterocycles. The molecule has 2 aromatic rings. The van der Waals surface area contributed by atoms with Gasteiger partial charge in [0.1, 0.15) is 0 Å². The van der Waals surface area contributed by atoms with E-state index < -0.39 is 0 Å². The zero-order valence-corrected chi connectivity index (χ0v) is 19.4. The number of aliphatic imine (C=N–C) groups is 1. The van der Waals surface area contributed by atoms with E-state index in [1.807, 2.05) is 28.5 Å². The normalized spacial score (nSPS) is 20.0. The Morgan fingerprint density at radius 1 is 1.10 bits per heavy atom. The maximum Gasteiger partial charge on any atom is 0.267 e. The van der Waals surface area contributed by atoms with Crippen molar-refractivity contribution >= 4 is 45.4 Å². The molecule has 1 saturated carbocycles. The highest BCUT2D eigenvalue weighted by Crippen LogP contribution is 2.42. The molecule has 4 rings (SSSR count). The van der Waals surface area contributed by atoms with Gasteiger partial charge in [-0.15, -0.1) is 11.3 Å². The molecule has 0 radical (unpaired) electrons. The number of benzene rings is 1. The Bertz CT molecular complexity index is 973. The zero-order chi connectivity index (χ0) is 21.8. The molecule has 1 aromatic heterocycles. The van der Waals surface area contributed by atoms with Crippen LogP contribution in [0.25, 0.3) is 6.08 Å². The number of aromatic nitrogens is 1. The lowest BCUT2D eigenvalue weighted by atomic mass is 9.94. The topological polar surface area (TPSA) is 73.3 Å². The molecule has 9 heteroatoms. The Labute approximate surface area is 190 Å². The van der Waals surface area contributed by atoms with Gasteiger partial charge in [0, 0.05) is 17.6 Å². The van der Waals surface area contributed by atoms with Crippen LogP contribution in [0.5, 0.6) is 17.2 Å². The summed E-state index contributed by atoms with van der Waals surface area (Å²) in [5, 5.41) is 3.24.